The molecule has 0 radical (unpaired) electrons. The van der Waals surface area contributed by atoms with Crippen LogP contribution >= 0.6 is 0 Å². The van der Waals surface area contributed by atoms with Gasteiger partial charge in [-0.15, -0.1) is 0 Å². The number of benzene rings is 1. The van der Waals surface area contributed by atoms with Gasteiger partial charge in [0.05, 0.1) is 18.6 Å². The van der Waals surface area contributed by atoms with Crippen molar-refractivity contribution in [3.8, 4) is 0 Å². The molecule has 0 spiro atoms. The zero-order valence-electron chi connectivity index (χ0n) is 9.68. The minimum atomic E-state index is -0.959. The molecule has 2 N–H and O–H groups in total. The number of hydrogen-bond acceptors (Lipinski definition) is 3. The molecule has 1 aliphatic heterocycles. The first-order chi connectivity index (χ1) is 8.19. The molecule has 3 rings (SSSR count). The standard InChI is InChI=1S/C14H15NO2/c1-14(16,11-6-7-17-9-11)13-12-5-3-2-4-10(12)8-15-13/h2-7,9,13,15-16H,8H2,1H3. The maximum atomic E-state index is 10.7. The molecular formula is C14H15NO2. The van der Waals surface area contributed by atoms with Gasteiger partial charge in [0.2, 0.25) is 0 Å². The van der Waals surface area contributed by atoms with Crippen LogP contribution < -0.4 is 5.32 Å². The van der Waals surface area contributed by atoms with Gasteiger partial charge >= 0.3 is 0 Å². The predicted molar refractivity (Wildman–Crippen MR) is 64.3 cm³/mol. The highest BCUT2D eigenvalue weighted by Gasteiger charge is 2.39. The van der Waals surface area contributed by atoms with E-state index in [1.54, 1.807) is 12.5 Å². The molecule has 0 saturated carbocycles. The average Bonchev–Trinajstić information content (AvgIpc) is 2.99. The van der Waals surface area contributed by atoms with E-state index in [-0.39, 0.29) is 6.04 Å². The lowest BCUT2D eigenvalue weighted by atomic mass is 9.86. The maximum Gasteiger partial charge on any atom is 0.109 e. The lowest BCUT2D eigenvalue weighted by Crippen LogP contribution is -2.35. The van der Waals surface area contributed by atoms with E-state index in [2.05, 4.69) is 17.4 Å². The third-order valence-electron chi connectivity index (χ3n) is 3.53. The zero-order valence-corrected chi connectivity index (χ0v) is 9.68. The molecule has 2 unspecified atom stereocenters. The fraction of sp³-hybridized carbons (Fsp3) is 0.286. The van der Waals surface area contributed by atoms with Gasteiger partial charge in [0, 0.05) is 12.1 Å². The molecule has 88 valence electrons. The minimum absolute atomic E-state index is 0.0868. The Kier molecular flexibility index (Phi) is 2.31. The van der Waals surface area contributed by atoms with Crippen molar-refractivity contribution in [3.05, 3.63) is 59.5 Å². The first-order valence-corrected chi connectivity index (χ1v) is 5.76. The van der Waals surface area contributed by atoms with Gasteiger partial charge in [-0.25, -0.2) is 0 Å². The number of aliphatic hydroxyl groups is 1. The van der Waals surface area contributed by atoms with E-state index in [0.29, 0.717) is 0 Å². The van der Waals surface area contributed by atoms with Crippen molar-refractivity contribution in [1.82, 2.24) is 5.32 Å². The zero-order chi connectivity index (χ0) is 11.9. The molecule has 1 aliphatic rings. The molecule has 2 heterocycles. The van der Waals surface area contributed by atoms with E-state index in [1.165, 1.54) is 11.1 Å². The lowest BCUT2D eigenvalue weighted by Gasteiger charge is -2.30. The van der Waals surface area contributed by atoms with Gasteiger partial charge in [-0.05, 0) is 24.1 Å². The van der Waals surface area contributed by atoms with E-state index in [9.17, 15) is 5.11 Å². The van der Waals surface area contributed by atoms with Gasteiger partial charge in [-0.1, -0.05) is 24.3 Å². The van der Waals surface area contributed by atoms with Crippen molar-refractivity contribution >= 4 is 0 Å². The summed E-state index contributed by atoms with van der Waals surface area (Å²) in [5.74, 6) is 0. The van der Waals surface area contributed by atoms with Crippen LogP contribution in [-0.2, 0) is 12.1 Å². The van der Waals surface area contributed by atoms with Crippen molar-refractivity contribution in [2.75, 3.05) is 0 Å². The molecule has 3 heteroatoms. The Morgan fingerprint density at radius 1 is 1.35 bits per heavy atom. The van der Waals surface area contributed by atoms with Crippen LogP contribution in [0.3, 0.4) is 0 Å². The van der Waals surface area contributed by atoms with Crippen LogP contribution in [0.1, 0.15) is 29.7 Å². The first kappa shape index (κ1) is 10.6. The molecule has 3 nitrogen and oxygen atoms in total. The summed E-state index contributed by atoms with van der Waals surface area (Å²) in [6, 6.07) is 9.90. The quantitative estimate of drug-likeness (QED) is 0.830. The van der Waals surface area contributed by atoms with Crippen LogP contribution in [0.4, 0.5) is 0 Å². The molecule has 0 saturated heterocycles. The second-order valence-corrected chi connectivity index (χ2v) is 4.67. The van der Waals surface area contributed by atoms with Crippen molar-refractivity contribution in [1.29, 1.82) is 0 Å². The molecule has 2 atom stereocenters. The van der Waals surface area contributed by atoms with Gasteiger partial charge in [0.15, 0.2) is 0 Å². The molecule has 2 aromatic rings. The summed E-state index contributed by atoms with van der Waals surface area (Å²) in [5.41, 5.74) is 2.26. The van der Waals surface area contributed by atoms with Gasteiger partial charge < -0.3 is 14.8 Å². The first-order valence-electron chi connectivity index (χ1n) is 5.76. The molecule has 0 amide bonds. The lowest BCUT2D eigenvalue weighted by molar-refractivity contribution is 0.0172. The van der Waals surface area contributed by atoms with E-state index >= 15 is 0 Å². The summed E-state index contributed by atoms with van der Waals surface area (Å²) in [4.78, 5) is 0. The Bertz CT molecular complexity index is 517. The molecule has 17 heavy (non-hydrogen) atoms. The summed E-state index contributed by atoms with van der Waals surface area (Å²) in [6.45, 7) is 2.62. The summed E-state index contributed by atoms with van der Waals surface area (Å²) in [7, 11) is 0. The van der Waals surface area contributed by atoms with Crippen LogP contribution in [0.2, 0.25) is 0 Å². The van der Waals surface area contributed by atoms with Crippen LogP contribution in [0.25, 0.3) is 0 Å². The molecular weight excluding hydrogens is 214 g/mol. The highest BCUT2D eigenvalue weighted by Crippen LogP contribution is 2.39. The number of hydrogen-bond donors (Lipinski definition) is 2. The van der Waals surface area contributed by atoms with Crippen molar-refractivity contribution in [3.63, 3.8) is 0 Å². The molecule has 0 bridgehead atoms. The Balaban J connectivity index is 2.02. The Morgan fingerprint density at radius 3 is 2.94 bits per heavy atom. The van der Waals surface area contributed by atoms with Crippen LogP contribution in [0, 0.1) is 0 Å². The van der Waals surface area contributed by atoms with Crippen molar-refractivity contribution in [2.24, 2.45) is 0 Å². The number of furan rings is 1. The number of fused-ring (bicyclic) bond motifs is 1. The van der Waals surface area contributed by atoms with Crippen LogP contribution in [0.15, 0.2) is 47.3 Å². The Hall–Kier alpha value is -1.58. The van der Waals surface area contributed by atoms with Crippen LogP contribution in [-0.4, -0.2) is 5.11 Å². The van der Waals surface area contributed by atoms with Gasteiger partial charge in [-0.3, -0.25) is 0 Å². The summed E-state index contributed by atoms with van der Waals surface area (Å²) in [6.07, 6.45) is 3.19. The molecule has 1 aromatic carbocycles. The van der Waals surface area contributed by atoms with E-state index in [1.807, 2.05) is 25.1 Å². The Labute approximate surface area is 100 Å². The van der Waals surface area contributed by atoms with Gasteiger partial charge in [0.1, 0.15) is 5.60 Å². The molecule has 0 aliphatic carbocycles. The molecule has 1 aromatic heterocycles. The third-order valence-corrected chi connectivity index (χ3v) is 3.53. The largest absolute Gasteiger partial charge is 0.472 e. The SMILES string of the molecule is CC(O)(c1ccoc1)C1NCc2ccccc21. The summed E-state index contributed by atoms with van der Waals surface area (Å²) in [5, 5.41) is 14.1. The topological polar surface area (TPSA) is 45.4 Å². The predicted octanol–water partition coefficient (Wildman–Crippen LogP) is 2.33. The minimum Gasteiger partial charge on any atom is -0.472 e. The van der Waals surface area contributed by atoms with E-state index in [0.717, 1.165) is 12.1 Å². The Morgan fingerprint density at radius 2 is 2.18 bits per heavy atom. The maximum absolute atomic E-state index is 10.7. The smallest absolute Gasteiger partial charge is 0.109 e. The van der Waals surface area contributed by atoms with E-state index in [4.69, 9.17) is 4.42 Å². The average molecular weight is 229 g/mol. The van der Waals surface area contributed by atoms with E-state index < -0.39 is 5.60 Å². The van der Waals surface area contributed by atoms with Gasteiger partial charge in [0.25, 0.3) is 0 Å². The second-order valence-electron chi connectivity index (χ2n) is 4.67. The second kappa shape index (κ2) is 3.72. The molecule has 0 fully saturated rings. The van der Waals surface area contributed by atoms with Crippen LogP contribution in [0.5, 0.6) is 0 Å². The van der Waals surface area contributed by atoms with Gasteiger partial charge in [-0.2, -0.15) is 0 Å². The fourth-order valence-electron chi connectivity index (χ4n) is 2.52. The van der Waals surface area contributed by atoms with Crippen molar-refractivity contribution < 1.29 is 9.52 Å². The highest BCUT2D eigenvalue weighted by molar-refractivity contribution is 5.37. The summed E-state index contributed by atoms with van der Waals surface area (Å²) < 4.78 is 5.06. The number of nitrogens with one attached hydrogen (secondary N) is 1. The normalized spacial score (nSPS) is 22.1. The summed E-state index contributed by atoms with van der Waals surface area (Å²) >= 11 is 0. The highest BCUT2D eigenvalue weighted by atomic mass is 16.3. The number of rotatable bonds is 2. The third kappa shape index (κ3) is 1.59. The van der Waals surface area contributed by atoms with Crippen molar-refractivity contribution in [2.45, 2.75) is 25.1 Å². The fourth-order valence-corrected chi connectivity index (χ4v) is 2.52. The monoisotopic (exact) mass is 229 g/mol.